The van der Waals surface area contributed by atoms with Gasteiger partial charge in [0.05, 0.1) is 24.0 Å². The van der Waals surface area contributed by atoms with Crippen molar-refractivity contribution in [3.63, 3.8) is 0 Å². The maximum Gasteiger partial charge on any atom is 0.153 e. The smallest absolute Gasteiger partial charge is 0.153 e. The largest absolute Gasteiger partial charge is 0.496 e. The number of carbonyl (C=O) groups is 1. The molecule has 82 valence electrons. The molecule has 0 saturated heterocycles. The number of carbonyl (C=O) groups excluding carboxylic acids is 1. The normalized spacial score (nSPS) is 10.1. The van der Waals surface area contributed by atoms with Gasteiger partial charge in [-0.25, -0.2) is 4.68 Å². The van der Waals surface area contributed by atoms with E-state index < -0.39 is 0 Å². The van der Waals surface area contributed by atoms with Gasteiger partial charge in [0.2, 0.25) is 0 Å². The third kappa shape index (κ3) is 1.63. The van der Waals surface area contributed by atoms with Gasteiger partial charge < -0.3 is 10.5 Å². The Hall–Kier alpha value is -2.30. The zero-order valence-corrected chi connectivity index (χ0v) is 8.75. The van der Waals surface area contributed by atoms with Gasteiger partial charge in [-0.1, -0.05) is 0 Å². The maximum absolute atomic E-state index is 10.9. The van der Waals surface area contributed by atoms with E-state index in [0.717, 1.165) is 6.29 Å². The van der Waals surface area contributed by atoms with Crippen LogP contribution in [0.5, 0.6) is 5.75 Å². The van der Waals surface area contributed by atoms with E-state index in [1.54, 1.807) is 35.3 Å². The number of nitrogens with two attached hydrogens (primary N) is 1. The number of nitrogen functional groups attached to an aromatic ring is 1. The van der Waals surface area contributed by atoms with Crippen LogP contribution in [0.2, 0.25) is 0 Å². The number of hydrogen-bond acceptors (Lipinski definition) is 4. The van der Waals surface area contributed by atoms with Gasteiger partial charge in [-0.05, 0) is 12.1 Å². The summed E-state index contributed by atoms with van der Waals surface area (Å²) >= 11 is 0. The molecule has 0 aliphatic rings. The summed E-state index contributed by atoms with van der Waals surface area (Å²) in [6.07, 6.45) is 4.13. The van der Waals surface area contributed by atoms with Crippen LogP contribution in [0.15, 0.2) is 30.6 Å². The highest BCUT2D eigenvalue weighted by Gasteiger charge is 2.09. The van der Waals surface area contributed by atoms with Crippen LogP contribution in [0.4, 0.5) is 5.69 Å². The Balaban J connectivity index is 2.59. The van der Waals surface area contributed by atoms with Crippen LogP contribution in [0.1, 0.15) is 10.4 Å². The minimum Gasteiger partial charge on any atom is -0.496 e. The summed E-state index contributed by atoms with van der Waals surface area (Å²) in [5.41, 5.74) is 7.47. The van der Waals surface area contributed by atoms with Gasteiger partial charge in [0.1, 0.15) is 5.75 Å². The van der Waals surface area contributed by atoms with Gasteiger partial charge in [0, 0.05) is 18.5 Å². The molecule has 1 aromatic heterocycles. The topological polar surface area (TPSA) is 70.1 Å². The lowest BCUT2D eigenvalue weighted by atomic mass is 10.1. The lowest BCUT2D eigenvalue weighted by Crippen LogP contribution is -2.03. The second-order valence-electron chi connectivity index (χ2n) is 3.22. The van der Waals surface area contributed by atoms with Crippen molar-refractivity contribution < 1.29 is 9.53 Å². The van der Waals surface area contributed by atoms with E-state index >= 15 is 0 Å². The van der Waals surface area contributed by atoms with Gasteiger partial charge in [-0.3, -0.25) is 4.79 Å². The van der Waals surface area contributed by atoms with Crippen molar-refractivity contribution >= 4 is 12.0 Å². The molecule has 0 spiro atoms. The van der Waals surface area contributed by atoms with E-state index in [1.807, 2.05) is 0 Å². The summed E-state index contributed by atoms with van der Waals surface area (Å²) in [6.45, 7) is 0. The lowest BCUT2D eigenvalue weighted by molar-refractivity contribution is 0.112. The van der Waals surface area contributed by atoms with Crippen molar-refractivity contribution in [2.75, 3.05) is 12.8 Å². The van der Waals surface area contributed by atoms with Crippen LogP contribution in [0, 0.1) is 0 Å². The molecule has 0 amide bonds. The van der Waals surface area contributed by atoms with Crippen LogP contribution >= 0.6 is 0 Å². The molecular formula is C11H11N3O2. The number of methoxy groups -OCH3 is 1. The summed E-state index contributed by atoms with van der Waals surface area (Å²) in [7, 11) is 1.50. The highest BCUT2D eigenvalue weighted by atomic mass is 16.5. The Labute approximate surface area is 92.4 Å². The van der Waals surface area contributed by atoms with E-state index in [9.17, 15) is 4.79 Å². The van der Waals surface area contributed by atoms with Gasteiger partial charge in [-0.2, -0.15) is 5.10 Å². The summed E-state index contributed by atoms with van der Waals surface area (Å²) < 4.78 is 6.65. The van der Waals surface area contributed by atoms with Crippen molar-refractivity contribution in [1.29, 1.82) is 0 Å². The average molecular weight is 217 g/mol. The predicted octanol–water partition coefficient (Wildman–Crippen LogP) is 1.28. The fourth-order valence-corrected chi connectivity index (χ4v) is 1.48. The second-order valence-corrected chi connectivity index (χ2v) is 3.22. The zero-order chi connectivity index (χ0) is 11.5. The molecule has 0 bridgehead atoms. The third-order valence-electron chi connectivity index (χ3n) is 2.26. The van der Waals surface area contributed by atoms with Crippen LogP contribution in [0.3, 0.4) is 0 Å². The molecular weight excluding hydrogens is 206 g/mol. The van der Waals surface area contributed by atoms with Gasteiger partial charge >= 0.3 is 0 Å². The molecule has 2 rings (SSSR count). The fourth-order valence-electron chi connectivity index (χ4n) is 1.48. The Morgan fingerprint density at radius 2 is 2.31 bits per heavy atom. The molecule has 2 N–H and O–H groups in total. The quantitative estimate of drug-likeness (QED) is 0.621. The number of nitrogens with zero attached hydrogens (tertiary/aromatic N) is 2. The molecule has 0 aliphatic carbocycles. The predicted molar refractivity (Wildman–Crippen MR) is 59.9 cm³/mol. The van der Waals surface area contributed by atoms with Crippen LogP contribution in [-0.2, 0) is 0 Å². The Bertz CT molecular complexity index is 506. The van der Waals surface area contributed by atoms with Gasteiger partial charge in [0.25, 0.3) is 0 Å². The van der Waals surface area contributed by atoms with Crippen molar-refractivity contribution in [1.82, 2.24) is 9.78 Å². The minimum atomic E-state index is 0.446. The summed E-state index contributed by atoms with van der Waals surface area (Å²) in [6, 6.07) is 5.04. The zero-order valence-electron chi connectivity index (χ0n) is 8.75. The van der Waals surface area contributed by atoms with Crippen LogP contribution in [0.25, 0.3) is 5.69 Å². The molecule has 1 heterocycles. The van der Waals surface area contributed by atoms with Crippen molar-refractivity contribution in [2.24, 2.45) is 0 Å². The average Bonchev–Trinajstić information content (AvgIpc) is 2.82. The molecule has 0 aliphatic heterocycles. The molecule has 16 heavy (non-hydrogen) atoms. The number of aldehydes is 1. The monoisotopic (exact) mass is 217 g/mol. The molecule has 5 heteroatoms. The van der Waals surface area contributed by atoms with E-state index in [0.29, 0.717) is 22.7 Å². The van der Waals surface area contributed by atoms with E-state index in [4.69, 9.17) is 10.5 Å². The summed E-state index contributed by atoms with van der Waals surface area (Å²) in [4.78, 5) is 10.9. The maximum atomic E-state index is 10.9. The summed E-state index contributed by atoms with van der Waals surface area (Å²) in [5.74, 6) is 0.461. The number of ether oxygens (including phenoxy) is 1. The van der Waals surface area contributed by atoms with Crippen molar-refractivity contribution in [3.05, 3.63) is 36.2 Å². The molecule has 1 aromatic carbocycles. The highest BCUT2D eigenvalue weighted by Crippen LogP contribution is 2.26. The molecule has 0 unspecified atom stereocenters. The molecule has 0 radical (unpaired) electrons. The third-order valence-corrected chi connectivity index (χ3v) is 2.26. The molecule has 0 atom stereocenters. The van der Waals surface area contributed by atoms with E-state index in [1.165, 1.54) is 7.11 Å². The van der Waals surface area contributed by atoms with Gasteiger partial charge in [-0.15, -0.1) is 0 Å². The Morgan fingerprint density at radius 1 is 1.50 bits per heavy atom. The number of anilines is 1. The standard InChI is InChI=1S/C11H11N3O2/c1-16-11-6-9(12)10(5-8(11)7-15)14-4-2-3-13-14/h2-7H,12H2,1H3. The van der Waals surface area contributed by atoms with Crippen molar-refractivity contribution in [3.8, 4) is 11.4 Å². The minimum absolute atomic E-state index is 0.446. The molecule has 2 aromatic rings. The Morgan fingerprint density at radius 3 is 2.88 bits per heavy atom. The lowest BCUT2D eigenvalue weighted by Gasteiger charge is -2.10. The number of rotatable bonds is 3. The van der Waals surface area contributed by atoms with Crippen LogP contribution < -0.4 is 10.5 Å². The van der Waals surface area contributed by atoms with Crippen LogP contribution in [-0.4, -0.2) is 23.2 Å². The van der Waals surface area contributed by atoms with E-state index in [2.05, 4.69) is 5.10 Å². The SMILES string of the molecule is COc1cc(N)c(-n2cccn2)cc1C=O. The first-order valence-corrected chi connectivity index (χ1v) is 4.69. The van der Waals surface area contributed by atoms with Gasteiger partial charge in [0.15, 0.2) is 6.29 Å². The number of aromatic nitrogens is 2. The highest BCUT2D eigenvalue weighted by molar-refractivity contribution is 5.83. The Kier molecular flexibility index (Phi) is 2.59. The second kappa shape index (κ2) is 4.06. The fraction of sp³-hybridized carbons (Fsp3) is 0.0909. The molecule has 0 saturated carbocycles. The summed E-state index contributed by atoms with van der Waals surface area (Å²) in [5, 5.41) is 4.06. The van der Waals surface area contributed by atoms with Crippen molar-refractivity contribution in [2.45, 2.75) is 0 Å². The van der Waals surface area contributed by atoms with E-state index in [-0.39, 0.29) is 0 Å². The first kappa shape index (κ1) is 10.2. The molecule has 5 nitrogen and oxygen atoms in total. The molecule has 0 fully saturated rings. The number of hydrogen-bond donors (Lipinski definition) is 1. The first-order chi connectivity index (χ1) is 7.76. The number of benzene rings is 1. The first-order valence-electron chi connectivity index (χ1n) is 4.69.